The molecule has 2 fully saturated rings. The number of aryl methyl sites for hydroxylation is 1. The van der Waals surface area contributed by atoms with Gasteiger partial charge in [-0.15, -0.1) is 0 Å². The molecule has 1 spiro atoms. The van der Waals surface area contributed by atoms with E-state index in [-0.39, 0.29) is 50.8 Å². The number of hydrogen-bond donors (Lipinski definition) is 0. The first-order valence-corrected chi connectivity index (χ1v) is 17.2. The molecule has 2 aliphatic rings. The molecule has 1 aromatic heterocycles. The van der Waals surface area contributed by atoms with Crippen molar-refractivity contribution in [2.75, 3.05) is 33.4 Å². The number of fused-ring (bicyclic) bond motifs is 1. The number of piperidine rings is 1. The van der Waals surface area contributed by atoms with Gasteiger partial charge in [0, 0.05) is 25.8 Å². The fourth-order valence-corrected chi connectivity index (χ4v) is 7.80. The van der Waals surface area contributed by atoms with Gasteiger partial charge in [0.05, 0.1) is 24.6 Å². The number of carbonyl (C=O) groups is 1. The number of amides is 1. The largest absolute Gasteiger partial charge is 0.493 e. The van der Waals surface area contributed by atoms with Crippen LogP contribution in [0.5, 0.6) is 17.4 Å². The lowest BCUT2D eigenvalue weighted by atomic mass is 9.78. The second-order valence-electron chi connectivity index (χ2n) is 13.3. The lowest BCUT2D eigenvalue weighted by molar-refractivity contribution is 0.0775. The molecule has 10 nitrogen and oxygen atoms in total. The van der Waals surface area contributed by atoms with E-state index in [1.807, 2.05) is 39.8 Å². The zero-order chi connectivity index (χ0) is 32.7. The summed E-state index contributed by atoms with van der Waals surface area (Å²) in [6.07, 6.45) is 2.22. The molecule has 0 radical (unpaired) electrons. The topological polar surface area (TPSA) is 117 Å². The SMILES string of the molecule is COc1cc2nc(C)nc(OS(=O)(=O)c3c(C(C)C)cc(C(C)C)cc3C(C)C)c2cc1OC(=O)N1CCC2(CCOC2)CC1. The van der Waals surface area contributed by atoms with Crippen molar-refractivity contribution in [2.45, 2.75) is 90.4 Å². The summed E-state index contributed by atoms with van der Waals surface area (Å²) in [6.45, 7) is 16.4. The molecule has 0 bridgehead atoms. The lowest BCUT2D eigenvalue weighted by Gasteiger charge is -2.37. The Hall–Kier alpha value is -3.44. The van der Waals surface area contributed by atoms with Crippen molar-refractivity contribution < 1.29 is 31.6 Å². The Morgan fingerprint density at radius 1 is 0.911 bits per heavy atom. The Balaban J connectivity index is 1.52. The Bertz CT molecular complexity index is 1660. The van der Waals surface area contributed by atoms with Gasteiger partial charge in [-0.2, -0.15) is 13.4 Å². The van der Waals surface area contributed by atoms with Gasteiger partial charge in [0.1, 0.15) is 10.7 Å². The lowest BCUT2D eigenvalue weighted by Crippen LogP contribution is -2.44. The summed E-state index contributed by atoms with van der Waals surface area (Å²) >= 11 is 0. The number of benzene rings is 2. The van der Waals surface area contributed by atoms with Crippen LogP contribution in [0.1, 0.15) is 101 Å². The summed E-state index contributed by atoms with van der Waals surface area (Å²) in [4.78, 5) is 24.0. The minimum Gasteiger partial charge on any atom is -0.493 e. The van der Waals surface area contributed by atoms with Crippen LogP contribution < -0.4 is 13.7 Å². The third kappa shape index (κ3) is 6.74. The second-order valence-corrected chi connectivity index (χ2v) is 14.8. The third-order valence-electron chi connectivity index (χ3n) is 9.04. The minimum atomic E-state index is -4.34. The number of aromatic nitrogens is 2. The monoisotopic (exact) mass is 639 g/mol. The Kier molecular flexibility index (Phi) is 9.33. The molecular weight excluding hydrogens is 594 g/mol. The molecule has 0 unspecified atom stereocenters. The summed E-state index contributed by atoms with van der Waals surface area (Å²) in [5.74, 6) is 0.677. The highest BCUT2D eigenvalue weighted by Gasteiger charge is 2.39. The van der Waals surface area contributed by atoms with Crippen LogP contribution in [0.4, 0.5) is 4.79 Å². The molecule has 11 heteroatoms. The van der Waals surface area contributed by atoms with Gasteiger partial charge < -0.3 is 23.3 Å². The van der Waals surface area contributed by atoms with Crippen LogP contribution in [0, 0.1) is 12.3 Å². The predicted molar refractivity (Wildman–Crippen MR) is 172 cm³/mol. The zero-order valence-corrected chi connectivity index (χ0v) is 28.4. The summed E-state index contributed by atoms with van der Waals surface area (Å²) in [7, 11) is -2.87. The third-order valence-corrected chi connectivity index (χ3v) is 10.4. The van der Waals surface area contributed by atoms with E-state index in [2.05, 4.69) is 23.8 Å². The van der Waals surface area contributed by atoms with E-state index in [0.29, 0.717) is 35.6 Å². The normalized spacial score (nSPS) is 16.7. The maximum atomic E-state index is 14.2. The van der Waals surface area contributed by atoms with Gasteiger partial charge in [-0.25, -0.2) is 9.78 Å². The van der Waals surface area contributed by atoms with Crippen molar-refractivity contribution in [2.24, 2.45) is 5.41 Å². The molecule has 0 aliphatic carbocycles. The van der Waals surface area contributed by atoms with Crippen molar-refractivity contribution in [3.63, 3.8) is 0 Å². The van der Waals surface area contributed by atoms with Crippen LogP contribution in [-0.4, -0.2) is 62.8 Å². The highest BCUT2D eigenvalue weighted by atomic mass is 32.2. The molecule has 0 saturated carbocycles. The first-order valence-electron chi connectivity index (χ1n) is 15.8. The van der Waals surface area contributed by atoms with Gasteiger partial charge in [-0.3, -0.25) is 0 Å². The Morgan fingerprint density at radius 2 is 1.56 bits per heavy atom. The second kappa shape index (κ2) is 12.7. The molecule has 0 atom stereocenters. The van der Waals surface area contributed by atoms with Crippen molar-refractivity contribution in [3.8, 4) is 17.4 Å². The number of rotatable bonds is 8. The van der Waals surface area contributed by atoms with Gasteiger partial charge in [0.25, 0.3) is 0 Å². The Labute approximate surface area is 266 Å². The van der Waals surface area contributed by atoms with Crippen molar-refractivity contribution in [1.82, 2.24) is 14.9 Å². The zero-order valence-electron chi connectivity index (χ0n) is 27.6. The van der Waals surface area contributed by atoms with Gasteiger partial charge in [0.15, 0.2) is 11.5 Å². The van der Waals surface area contributed by atoms with E-state index in [1.54, 1.807) is 17.9 Å². The fraction of sp³-hybridized carbons (Fsp3) is 0.559. The summed E-state index contributed by atoms with van der Waals surface area (Å²) in [5.41, 5.74) is 3.01. The quantitative estimate of drug-likeness (QED) is 0.238. The fourth-order valence-electron chi connectivity index (χ4n) is 6.21. The smallest absolute Gasteiger partial charge is 0.415 e. The molecule has 3 heterocycles. The molecule has 5 rings (SSSR count). The van der Waals surface area contributed by atoms with Crippen molar-refractivity contribution in [3.05, 3.63) is 46.8 Å². The number of nitrogens with zero attached hydrogens (tertiary/aromatic N) is 3. The molecule has 1 amide bonds. The highest BCUT2D eigenvalue weighted by Crippen LogP contribution is 2.41. The van der Waals surface area contributed by atoms with Gasteiger partial charge >= 0.3 is 16.2 Å². The van der Waals surface area contributed by atoms with E-state index in [0.717, 1.165) is 38.0 Å². The van der Waals surface area contributed by atoms with Gasteiger partial charge in [-0.05, 0) is 72.1 Å². The first kappa shape index (κ1) is 32.9. The van der Waals surface area contributed by atoms with Crippen molar-refractivity contribution >= 4 is 27.1 Å². The average molecular weight is 640 g/mol. The molecule has 2 aliphatic heterocycles. The van der Waals surface area contributed by atoms with Crippen LogP contribution in [0.15, 0.2) is 29.2 Å². The van der Waals surface area contributed by atoms with E-state index in [9.17, 15) is 13.2 Å². The van der Waals surface area contributed by atoms with Crippen LogP contribution in [0.3, 0.4) is 0 Å². The standard InChI is InChI=1S/C34H45N3O7S/c1-20(2)24-15-25(21(3)4)31(26(16-24)22(5)6)45(39,40)44-32-27-17-30(29(41-8)18-28(27)35-23(7)36-32)43-33(38)37-12-9-34(10-13-37)11-14-42-19-34/h15-18,20-22H,9-14,19H2,1-8H3. The maximum absolute atomic E-state index is 14.2. The predicted octanol–water partition coefficient (Wildman–Crippen LogP) is 7.09. The molecular formula is C34H45N3O7S. The van der Waals surface area contributed by atoms with E-state index in [4.69, 9.17) is 18.4 Å². The summed E-state index contributed by atoms with van der Waals surface area (Å²) in [5, 5.41) is 0.282. The van der Waals surface area contributed by atoms with Gasteiger partial charge in [0.2, 0.25) is 5.88 Å². The van der Waals surface area contributed by atoms with Crippen LogP contribution >= 0.6 is 0 Å². The molecule has 244 valence electrons. The molecule has 45 heavy (non-hydrogen) atoms. The van der Waals surface area contributed by atoms with Crippen LogP contribution in [0.2, 0.25) is 0 Å². The maximum Gasteiger partial charge on any atom is 0.415 e. The minimum absolute atomic E-state index is 0.0698. The first-order chi connectivity index (χ1) is 21.2. The molecule has 2 aromatic carbocycles. The number of hydrogen-bond acceptors (Lipinski definition) is 9. The van der Waals surface area contributed by atoms with E-state index < -0.39 is 16.2 Å². The molecule has 2 saturated heterocycles. The summed E-state index contributed by atoms with van der Waals surface area (Å²) < 4.78 is 51.3. The van der Waals surface area contributed by atoms with E-state index in [1.165, 1.54) is 13.2 Å². The van der Waals surface area contributed by atoms with Crippen molar-refractivity contribution in [1.29, 1.82) is 0 Å². The summed E-state index contributed by atoms with van der Waals surface area (Å²) in [6, 6.07) is 7.04. The van der Waals surface area contributed by atoms with E-state index >= 15 is 0 Å². The van der Waals surface area contributed by atoms with Crippen LogP contribution in [0.25, 0.3) is 10.9 Å². The van der Waals surface area contributed by atoms with Crippen LogP contribution in [-0.2, 0) is 14.9 Å². The Morgan fingerprint density at radius 3 is 2.09 bits per heavy atom. The average Bonchev–Trinajstić information content (AvgIpc) is 3.43. The number of methoxy groups -OCH3 is 1. The number of ether oxygens (including phenoxy) is 3. The number of likely N-dealkylation sites (tertiary alicyclic amines) is 1. The van der Waals surface area contributed by atoms with Gasteiger partial charge in [-0.1, -0.05) is 53.7 Å². The molecule has 3 aromatic rings. The molecule has 0 N–H and O–H groups in total. The number of carbonyl (C=O) groups excluding carboxylic acids is 1. The highest BCUT2D eigenvalue weighted by molar-refractivity contribution is 7.87.